The van der Waals surface area contributed by atoms with Crippen LogP contribution in [-0.2, 0) is 11.3 Å². The first kappa shape index (κ1) is 13.7. The van der Waals surface area contributed by atoms with Gasteiger partial charge in [-0.25, -0.2) is 0 Å². The van der Waals surface area contributed by atoms with Gasteiger partial charge in [0, 0.05) is 36.2 Å². The molecule has 20 heavy (non-hydrogen) atoms. The highest BCUT2D eigenvalue weighted by atomic mass is 16.5. The highest BCUT2D eigenvalue weighted by Crippen LogP contribution is 2.39. The summed E-state index contributed by atoms with van der Waals surface area (Å²) in [6, 6.07) is 4.69. The summed E-state index contributed by atoms with van der Waals surface area (Å²) >= 11 is 0. The molecule has 2 fully saturated rings. The van der Waals surface area contributed by atoms with Gasteiger partial charge in [-0.3, -0.25) is 0 Å². The summed E-state index contributed by atoms with van der Waals surface area (Å²) in [6.45, 7) is 3.80. The molecule has 1 saturated heterocycles. The van der Waals surface area contributed by atoms with Crippen LogP contribution in [0, 0.1) is 12.8 Å². The predicted molar refractivity (Wildman–Crippen MR) is 77.4 cm³/mol. The summed E-state index contributed by atoms with van der Waals surface area (Å²) in [7, 11) is 3.41. The Hall–Kier alpha value is -1.26. The Morgan fingerprint density at radius 3 is 2.85 bits per heavy atom. The van der Waals surface area contributed by atoms with Gasteiger partial charge in [0.15, 0.2) is 0 Å². The van der Waals surface area contributed by atoms with Crippen molar-refractivity contribution >= 4 is 0 Å². The lowest BCUT2D eigenvalue weighted by atomic mass is 9.76. The molecule has 1 N–H and O–H groups in total. The minimum Gasteiger partial charge on any atom is -0.496 e. The number of ether oxygens (including phenoxy) is 3. The summed E-state index contributed by atoms with van der Waals surface area (Å²) in [5.74, 6) is 2.51. The SMILES string of the molecule is COc1ccc(CN[C@@H]2C[C@H]3OCC[C@@H]23)c(OC)c1C. The third kappa shape index (κ3) is 2.27. The molecule has 0 radical (unpaired) electrons. The van der Waals surface area contributed by atoms with Crippen molar-refractivity contribution in [2.45, 2.75) is 38.5 Å². The second-order valence-corrected chi connectivity index (χ2v) is 5.67. The first-order valence-corrected chi connectivity index (χ1v) is 7.30. The van der Waals surface area contributed by atoms with E-state index in [0.717, 1.165) is 36.6 Å². The van der Waals surface area contributed by atoms with E-state index in [1.165, 1.54) is 12.0 Å². The molecular formula is C16H23NO3. The topological polar surface area (TPSA) is 39.7 Å². The molecule has 0 bridgehead atoms. The lowest BCUT2D eigenvalue weighted by molar-refractivity contribution is 0.00677. The highest BCUT2D eigenvalue weighted by molar-refractivity contribution is 5.49. The molecule has 1 aliphatic carbocycles. The van der Waals surface area contributed by atoms with Crippen LogP contribution >= 0.6 is 0 Å². The Bertz CT molecular complexity index is 489. The van der Waals surface area contributed by atoms with Crippen molar-refractivity contribution in [2.24, 2.45) is 5.92 Å². The number of benzene rings is 1. The summed E-state index contributed by atoms with van der Waals surface area (Å²) in [5.41, 5.74) is 2.25. The molecule has 1 aliphatic heterocycles. The molecule has 1 aromatic rings. The van der Waals surface area contributed by atoms with E-state index in [1.54, 1.807) is 14.2 Å². The quantitative estimate of drug-likeness (QED) is 0.896. The Labute approximate surface area is 120 Å². The fraction of sp³-hybridized carbons (Fsp3) is 0.625. The van der Waals surface area contributed by atoms with Gasteiger partial charge in [0.2, 0.25) is 0 Å². The normalized spacial score (nSPS) is 27.9. The van der Waals surface area contributed by atoms with E-state index in [1.807, 2.05) is 13.0 Å². The lowest BCUT2D eigenvalue weighted by Crippen LogP contribution is -2.51. The molecule has 3 atom stereocenters. The summed E-state index contributed by atoms with van der Waals surface area (Å²) in [6.07, 6.45) is 2.84. The zero-order chi connectivity index (χ0) is 14.1. The molecule has 0 unspecified atom stereocenters. The van der Waals surface area contributed by atoms with Crippen LogP contribution in [0.3, 0.4) is 0 Å². The maximum atomic E-state index is 5.65. The van der Waals surface area contributed by atoms with Crippen molar-refractivity contribution in [2.75, 3.05) is 20.8 Å². The van der Waals surface area contributed by atoms with E-state index < -0.39 is 0 Å². The first-order chi connectivity index (χ1) is 9.74. The summed E-state index contributed by atoms with van der Waals surface area (Å²) in [5, 5.41) is 3.65. The van der Waals surface area contributed by atoms with Gasteiger partial charge in [0.1, 0.15) is 11.5 Å². The number of hydrogen-bond donors (Lipinski definition) is 1. The largest absolute Gasteiger partial charge is 0.496 e. The van der Waals surface area contributed by atoms with Crippen molar-refractivity contribution in [3.63, 3.8) is 0 Å². The van der Waals surface area contributed by atoms with E-state index in [0.29, 0.717) is 18.1 Å². The maximum absolute atomic E-state index is 5.65. The molecule has 0 spiro atoms. The third-order valence-corrected chi connectivity index (χ3v) is 4.68. The van der Waals surface area contributed by atoms with E-state index >= 15 is 0 Å². The Balaban J connectivity index is 1.66. The van der Waals surface area contributed by atoms with Crippen LogP contribution < -0.4 is 14.8 Å². The smallest absolute Gasteiger partial charge is 0.129 e. The van der Waals surface area contributed by atoms with Crippen LogP contribution in [0.15, 0.2) is 12.1 Å². The zero-order valence-corrected chi connectivity index (χ0v) is 12.4. The van der Waals surface area contributed by atoms with E-state index in [2.05, 4.69) is 11.4 Å². The monoisotopic (exact) mass is 277 g/mol. The molecule has 1 saturated carbocycles. The van der Waals surface area contributed by atoms with E-state index in [9.17, 15) is 0 Å². The van der Waals surface area contributed by atoms with Gasteiger partial charge < -0.3 is 19.5 Å². The maximum Gasteiger partial charge on any atom is 0.129 e. The predicted octanol–water partition coefficient (Wildman–Crippen LogP) is 2.28. The Morgan fingerprint density at radius 1 is 1.30 bits per heavy atom. The second-order valence-electron chi connectivity index (χ2n) is 5.67. The molecule has 110 valence electrons. The zero-order valence-electron chi connectivity index (χ0n) is 12.4. The van der Waals surface area contributed by atoms with Crippen LogP contribution in [0.1, 0.15) is 24.0 Å². The molecule has 0 aromatic heterocycles. The van der Waals surface area contributed by atoms with E-state index in [4.69, 9.17) is 14.2 Å². The standard InChI is InChI=1S/C16H23NO3/c1-10-14(18-2)5-4-11(16(10)19-3)9-17-13-8-15-12(13)6-7-20-15/h4-5,12-13,15,17H,6-9H2,1-3H3/t12-,13+,15+/m0/s1. The number of rotatable bonds is 5. The van der Waals surface area contributed by atoms with Crippen molar-refractivity contribution in [1.29, 1.82) is 0 Å². The van der Waals surface area contributed by atoms with Crippen molar-refractivity contribution < 1.29 is 14.2 Å². The van der Waals surface area contributed by atoms with Crippen LogP contribution in [0.5, 0.6) is 11.5 Å². The molecule has 1 heterocycles. The number of hydrogen-bond acceptors (Lipinski definition) is 4. The number of fused-ring (bicyclic) bond motifs is 1. The van der Waals surface area contributed by atoms with Crippen molar-refractivity contribution in [1.82, 2.24) is 5.32 Å². The average Bonchev–Trinajstić information content (AvgIpc) is 2.81. The van der Waals surface area contributed by atoms with Gasteiger partial charge in [-0.05, 0) is 25.8 Å². The van der Waals surface area contributed by atoms with Crippen LogP contribution in [-0.4, -0.2) is 33.0 Å². The van der Waals surface area contributed by atoms with E-state index in [-0.39, 0.29) is 0 Å². The van der Waals surface area contributed by atoms with Gasteiger partial charge in [0.05, 0.1) is 20.3 Å². The van der Waals surface area contributed by atoms with Crippen LogP contribution in [0.2, 0.25) is 0 Å². The first-order valence-electron chi connectivity index (χ1n) is 7.30. The fourth-order valence-electron chi connectivity index (χ4n) is 3.45. The third-order valence-electron chi connectivity index (χ3n) is 4.68. The molecule has 4 heteroatoms. The van der Waals surface area contributed by atoms with Crippen molar-refractivity contribution in [3.05, 3.63) is 23.3 Å². The molecular weight excluding hydrogens is 254 g/mol. The highest BCUT2D eigenvalue weighted by Gasteiger charge is 2.44. The van der Waals surface area contributed by atoms with Crippen LogP contribution in [0.25, 0.3) is 0 Å². The van der Waals surface area contributed by atoms with Gasteiger partial charge in [0.25, 0.3) is 0 Å². The second kappa shape index (κ2) is 5.62. The Kier molecular flexibility index (Phi) is 3.85. The molecule has 3 rings (SSSR count). The minimum atomic E-state index is 0.506. The number of nitrogens with one attached hydrogen (secondary N) is 1. The summed E-state index contributed by atoms with van der Waals surface area (Å²) < 4.78 is 16.5. The molecule has 2 aliphatic rings. The van der Waals surface area contributed by atoms with Gasteiger partial charge in [-0.1, -0.05) is 6.07 Å². The average molecular weight is 277 g/mol. The number of methoxy groups -OCH3 is 2. The molecule has 0 amide bonds. The molecule has 4 nitrogen and oxygen atoms in total. The summed E-state index contributed by atoms with van der Waals surface area (Å²) in [4.78, 5) is 0. The Morgan fingerprint density at radius 2 is 2.15 bits per heavy atom. The fourth-order valence-corrected chi connectivity index (χ4v) is 3.45. The van der Waals surface area contributed by atoms with Gasteiger partial charge in [-0.15, -0.1) is 0 Å². The van der Waals surface area contributed by atoms with Gasteiger partial charge >= 0.3 is 0 Å². The molecule has 1 aromatic carbocycles. The van der Waals surface area contributed by atoms with Gasteiger partial charge in [-0.2, -0.15) is 0 Å². The minimum absolute atomic E-state index is 0.506. The lowest BCUT2D eigenvalue weighted by Gasteiger charge is -2.39. The van der Waals surface area contributed by atoms with Crippen molar-refractivity contribution in [3.8, 4) is 11.5 Å². The van der Waals surface area contributed by atoms with Crippen LogP contribution in [0.4, 0.5) is 0 Å².